The van der Waals surface area contributed by atoms with E-state index in [0.29, 0.717) is 29.2 Å². The maximum absolute atomic E-state index is 11.8. The summed E-state index contributed by atoms with van der Waals surface area (Å²) in [6.07, 6.45) is 0. The summed E-state index contributed by atoms with van der Waals surface area (Å²) in [5.74, 6) is -0.0858. The normalized spacial score (nSPS) is 17.8. The van der Waals surface area contributed by atoms with Gasteiger partial charge in [0, 0.05) is 34.7 Å². The van der Waals surface area contributed by atoms with Gasteiger partial charge in [0.2, 0.25) is 0 Å². The first-order valence-electron chi connectivity index (χ1n) is 7.67. The molecule has 1 aliphatic heterocycles. The monoisotopic (exact) mass is 394 g/mol. The van der Waals surface area contributed by atoms with Crippen LogP contribution in [-0.2, 0) is 15.6 Å². The van der Waals surface area contributed by atoms with E-state index in [1.165, 1.54) is 0 Å². The molecule has 2 aromatic rings. The quantitative estimate of drug-likeness (QED) is 0.721. The highest BCUT2D eigenvalue weighted by Gasteiger charge is 2.28. The number of aryl methyl sites for hydroxylation is 1. The van der Waals surface area contributed by atoms with Gasteiger partial charge in [-0.25, -0.2) is 8.42 Å². The van der Waals surface area contributed by atoms with Gasteiger partial charge in [-0.2, -0.15) is 5.26 Å². The predicted octanol–water partition coefficient (Wildman–Crippen LogP) is 4.02. The third kappa shape index (κ3) is 3.54. The first-order valence-corrected chi connectivity index (χ1v) is 10.4. The molecule has 4 nitrogen and oxygen atoms in total. The zero-order valence-electron chi connectivity index (χ0n) is 13.8. The van der Waals surface area contributed by atoms with Crippen molar-refractivity contribution in [3.63, 3.8) is 0 Å². The Morgan fingerprint density at radius 2 is 2.00 bits per heavy atom. The zero-order chi connectivity index (χ0) is 18.4. The fourth-order valence-electron chi connectivity index (χ4n) is 3.37. The summed E-state index contributed by atoms with van der Waals surface area (Å²) < 4.78 is 23.7. The van der Waals surface area contributed by atoms with Gasteiger partial charge in [0.1, 0.15) is 0 Å². The van der Waals surface area contributed by atoms with Gasteiger partial charge < -0.3 is 4.90 Å². The van der Waals surface area contributed by atoms with Crippen molar-refractivity contribution in [3.05, 3.63) is 63.2 Å². The molecular weight excluding hydrogens is 379 g/mol. The largest absolute Gasteiger partial charge is 0.301 e. The van der Waals surface area contributed by atoms with Gasteiger partial charge in [-0.1, -0.05) is 23.7 Å². The van der Waals surface area contributed by atoms with Crippen molar-refractivity contribution in [2.75, 3.05) is 13.6 Å². The molecule has 0 N–H and O–H groups in total. The van der Waals surface area contributed by atoms with Crippen LogP contribution in [0.2, 0.25) is 5.02 Å². The van der Waals surface area contributed by atoms with Gasteiger partial charge in [0.25, 0.3) is 9.05 Å². The molecule has 1 atom stereocenters. The highest BCUT2D eigenvalue weighted by atomic mass is 35.7. The van der Waals surface area contributed by atoms with E-state index in [2.05, 4.69) is 11.0 Å². The summed E-state index contributed by atoms with van der Waals surface area (Å²) in [7, 11) is 3.72. The molecule has 0 saturated heterocycles. The van der Waals surface area contributed by atoms with Gasteiger partial charge in [0.15, 0.2) is 0 Å². The molecule has 1 unspecified atom stereocenters. The fraction of sp³-hybridized carbons (Fsp3) is 0.278. The summed E-state index contributed by atoms with van der Waals surface area (Å²) >= 11 is 6.20. The number of fused-ring (bicyclic) bond motifs is 1. The molecule has 0 radical (unpaired) electrons. The zero-order valence-corrected chi connectivity index (χ0v) is 16.1. The molecule has 130 valence electrons. The Balaban J connectivity index is 2.21. The Hall–Kier alpha value is -1.58. The molecule has 1 aliphatic rings. The predicted molar refractivity (Wildman–Crippen MR) is 98.6 cm³/mol. The minimum absolute atomic E-state index is 0.0858. The molecule has 7 heteroatoms. The maximum Gasteiger partial charge on any atom is 0.261 e. The first-order chi connectivity index (χ1) is 11.7. The number of hydrogen-bond donors (Lipinski definition) is 0. The van der Waals surface area contributed by atoms with Crippen molar-refractivity contribution >= 4 is 31.3 Å². The van der Waals surface area contributed by atoms with Crippen molar-refractivity contribution in [3.8, 4) is 6.07 Å². The second kappa shape index (κ2) is 6.62. The average molecular weight is 395 g/mol. The third-order valence-electron chi connectivity index (χ3n) is 4.54. The van der Waals surface area contributed by atoms with Crippen LogP contribution in [0.5, 0.6) is 0 Å². The van der Waals surface area contributed by atoms with E-state index < -0.39 is 9.05 Å². The van der Waals surface area contributed by atoms with Crippen molar-refractivity contribution < 1.29 is 8.42 Å². The number of hydrogen-bond acceptors (Lipinski definition) is 4. The van der Waals surface area contributed by atoms with Crippen LogP contribution in [0, 0.1) is 18.3 Å². The van der Waals surface area contributed by atoms with Gasteiger partial charge in [0.05, 0.1) is 16.5 Å². The molecule has 0 aromatic heterocycles. The molecule has 2 aromatic carbocycles. The Morgan fingerprint density at radius 1 is 1.28 bits per heavy atom. The number of halogens is 2. The highest BCUT2D eigenvalue weighted by Crippen LogP contribution is 2.37. The standard InChI is InChI=1S/C18H16Cl2N2O2S/c1-11-3-4-12(6-18(11)25(20,23)24)16-9-22(2)10-17-13(8-21)5-14(19)7-15(16)17/h3-7,16H,9-10H2,1-2H3. The molecular formula is C18H16Cl2N2O2S. The van der Waals surface area contributed by atoms with E-state index in [-0.39, 0.29) is 10.8 Å². The topological polar surface area (TPSA) is 61.2 Å². The van der Waals surface area contributed by atoms with Gasteiger partial charge in [-0.05, 0) is 54.4 Å². The molecule has 0 amide bonds. The summed E-state index contributed by atoms with van der Waals surface area (Å²) in [6, 6.07) is 11.0. The minimum Gasteiger partial charge on any atom is -0.301 e. The number of rotatable bonds is 2. The Kier molecular flexibility index (Phi) is 4.82. The molecule has 0 spiro atoms. The van der Waals surface area contributed by atoms with Crippen LogP contribution in [-0.4, -0.2) is 26.9 Å². The summed E-state index contributed by atoms with van der Waals surface area (Å²) in [5.41, 5.74) is 3.89. The van der Waals surface area contributed by atoms with E-state index >= 15 is 0 Å². The Labute approximate surface area is 157 Å². The fourth-order valence-corrected chi connectivity index (χ4v) is 4.83. The summed E-state index contributed by atoms with van der Waals surface area (Å²) in [5, 5.41) is 9.93. The molecule has 0 saturated carbocycles. The average Bonchev–Trinajstić information content (AvgIpc) is 2.53. The van der Waals surface area contributed by atoms with Gasteiger partial charge in [-0.3, -0.25) is 0 Å². The minimum atomic E-state index is -3.83. The number of nitrogens with zero attached hydrogens (tertiary/aromatic N) is 2. The molecule has 0 bridgehead atoms. The molecule has 3 rings (SSSR count). The number of benzene rings is 2. The van der Waals surface area contributed by atoms with Crippen molar-refractivity contribution in [2.45, 2.75) is 24.3 Å². The lowest BCUT2D eigenvalue weighted by atomic mass is 9.83. The summed E-state index contributed by atoms with van der Waals surface area (Å²) in [4.78, 5) is 2.22. The SMILES string of the molecule is Cc1ccc(C2CN(C)Cc3c(C#N)cc(Cl)cc32)cc1S(=O)(=O)Cl. The second-order valence-electron chi connectivity index (χ2n) is 6.35. The van der Waals surface area contributed by atoms with Crippen LogP contribution in [0.3, 0.4) is 0 Å². The second-order valence-corrected chi connectivity index (χ2v) is 9.32. The van der Waals surface area contributed by atoms with Crippen LogP contribution >= 0.6 is 22.3 Å². The van der Waals surface area contributed by atoms with E-state index in [9.17, 15) is 13.7 Å². The van der Waals surface area contributed by atoms with Gasteiger partial charge >= 0.3 is 0 Å². The lowest BCUT2D eigenvalue weighted by Crippen LogP contribution is -2.31. The third-order valence-corrected chi connectivity index (χ3v) is 6.23. The Bertz CT molecular complexity index is 997. The van der Waals surface area contributed by atoms with Crippen LogP contribution in [0.1, 0.15) is 33.7 Å². The van der Waals surface area contributed by atoms with E-state index in [4.69, 9.17) is 22.3 Å². The van der Waals surface area contributed by atoms with Crippen molar-refractivity contribution in [1.29, 1.82) is 5.26 Å². The lowest BCUT2D eigenvalue weighted by molar-refractivity contribution is 0.294. The number of likely N-dealkylation sites (N-methyl/N-ethyl adjacent to an activating group) is 1. The van der Waals surface area contributed by atoms with E-state index in [1.807, 2.05) is 19.2 Å². The molecule has 0 fully saturated rings. The van der Waals surface area contributed by atoms with Crippen molar-refractivity contribution in [2.24, 2.45) is 0 Å². The molecule has 1 heterocycles. The maximum atomic E-state index is 11.8. The lowest BCUT2D eigenvalue weighted by Gasteiger charge is -2.33. The van der Waals surface area contributed by atoms with E-state index in [1.54, 1.807) is 25.1 Å². The molecule has 0 aliphatic carbocycles. The van der Waals surface area contributed by atoms with Crippen LogP contribution in [0.4, 0.5) is 0 Å². The van der Waals surface area contributed by atoms with E-state index in [0.717, 1.165) is 16.7 Å². The Morgan fingerprint density at radius 3 is 2.64 bits per heavy atom. The van der Waals surface area contributed by atoms with Crippen LogP contribution in [0.15, 0.2) is 35.2 Å². The van der Waals surface area contributed by atoms with Crippen molar-refractivity contribution in [1.82, 2.24) is 4.90 Å². The highest BCUT2D eigenvalue weighted by molar-refractivity contribution is 8.13. The first kappa shape index (κ1) is 18.2. The summed E-state index contributed by atoms with van der Waals surface area (Å²) in [6.45, 7) is 3.06. The van der Waals surface area contributed by atoms with Gasteiger partial charge in [-0.15, -0.1) is 0 Å². The molecule has 25 heavy (non-hydrogen) atoms. The number of nitriles is 1. The smallest absolute Gasteiger partial charge is 0.261 e. The van der Waals surface area contributed by atoms with Crippen LogP contribution in [0.25, 0.3) is 0 Å². The van der Waals surface area contributed by atoms with Crippen LogP contribution < -0.4 is 0 Å².